The van der Waals surface area contributed by atoms with Crippen molar-refractivity contribution < 1.29 is 14.3 Å². The number of para-hydroxylation sites is 1. The Hall–Kier alpha value is -3.60. The van der Waals surface area contributed by atoms with Gasteiger partial charge in [0.1, 0.15) is 0 Å². The Morgan fingerprint density at radius 3 is 2.41 bits per heavy atom. The normalized spacial score (nSPS) is 12.3. The van der Waals surface area contributed by atoms with Crippen LogP contribution in [0.25, 0.3) is 0 Å². The second-order valence-corrected chi connectivity index (χ2v) is 8.02. The van der Waals surface area contributed by atoms with Gasteiger partial charge in [0.15, 0.2) is 0 Å². The predicted molar refractivity (Wildman–Crippen MR) is 127 cm³/mol. The van der Waals surface area contributed by atoms with Crippen molar-refractivity contribution in [3.05, 3.63) is 95.1 Å². The fourth-order valence-corrected chi connectivity index (χ4v) is 3.84. The molecule has 0 saturated heterocycles. The fourth-order valence-electron chi connectivity index (χ4n) is 3.84. The Morgan fingerprint density at radius 2 is 1.66 bits per heavy atom. The van der Waals surface area contributed by atoms with Crippen LogP contribution in [0.1, 0.15) is 51.6 Å². The van der Waals surface area contributed by atoms with Crippen LogP contribution in [-0.4, -0.2) is 25.0 Å². The molecule has 1 aliphatic rings. The Bertz CT molecular complexity index is 1070. The van der Waals surface area contributed by atoms with E-state index < -0.39 is 0 Å². The quantitative estimate of drug-likeness (QED) is 0.382. The van der Waals surface area contributed by atoms with E-state index in [9.17, 15) is 9.59 Å². The summed E-state index contributed by atoms with van der Waals surface area (Å²) >= 11 is 0. The largest absolute Gasteiger partial charge is 0.462 e. The minimum atomic E-state index is -0.340. The molecule has 0 radical (unpaired) electrons. The van der Waals surface area contributed by atoms with Crippen molar-refractivity contribution in [2.45, 2.75) is 32.7 Å². The molecule has 5 heteroatoms. The fraction of sp³-hybridized carbons (Fsp3) is 0.259. The summed E-state index contributed by atoms with van der Waals surface area (Å²) in [6, 6.07) is 23.0. The number of nitrogens with zero attached hydrogens (tertiary/aromatic N) is 1. The Morgan fingerprint density at radius 1 is 0.938 bits per heavy atom. The molecule has 32 heavy (non-hydrogen) atoms. The summed E-state index contributed by atoms with van der Waals surface area (Å²) in [6.45, 7) is 4.32. The minimum Gasteiger partial charge on any atom is -0.462 e. The molecule has 1 heterocycles. The van der Waals surface area contributed by atoms with E-state index in [1.807, 2.05) is 31.2 Å². The van der Waals surface area contributed by atoms with E-state index >= 15 is 0 Å². The van der Waals surface area contributed by atoms with Crippen LogP contribution in [0.4, 0.5) is 11.4 Å². The number of fused-ring (bicyclic) bond motifs is 1. The Balaban J connectivity index is 1.33. The van der Waals surface area contributed by atoms with Gasteiger partial charge in [0.25, 0.3) is 5.91 Å². The number of amides is 1. The third kappa shape index (κ3) is 5.17. The summed E-state index contributed by atoms with van der Waals surface area (Å²) < 4.78 is 5.21. The smallest absolute Gasteiger partial charge is 0.338 e. The van der Waals surface area contributed by atoms with Crippen LogP contribution >= 0.6 is 0 Å². The second kappa shape index (κ2) is 10.1. The summed E-state index contributed by atoms with van der Waals surface area (Å²) in [5, 5.41) is 2.88. The highest BCUT2D eigenvalue weighted by atomic mass is 16.5. The number of nitrogens with one attached hydrogen (secondary N) is 1. The molecule has 0 atom stereocenters. The van der Waals surface area contributed by atoms with Crippen LogP contribution in [0.2, 0.25) is 0 Å². The molecule has 1 amide bonds. The molecular weight excluding hydrogens is 400 g/mol. The van der Waals surface area contributed by atoms with Gasteiger partial charge in [-0.1, -0.05) is 43.7 Å². The summed E-state index contributed by atoms with van der Waals surface area (Å²) in [5.74, 6) is -0.520. The molecule has 164 valence electrons. The number of carbonyl (C=O) groups excluding carboxylic acids is 2. The van der Waals surface area contributed by atoms with Crippen LogP contribution in [0.5, 0.6) is 0 Å². The van der Waals surface area contributed by atoms with E-state index in [1.165, 1.54) is 16.8 Å². The molecule has 5 nitrogen and oxygen atoms in total. The van der Waals surface area contributed by atoms with Crippen LogP contribution < -0.4 is 10.2 Å². The first-order chi connectivity index (χ1) is 15.6. The molecule has 3 aromatic carbocycles. The summed E-state index contributed by atoms with van der Waals surface area (Å²) in [6.07, 6.45) is 2.90. The van der Waals surface area contributed by atoms with Gasteiger partial charge in [-0.05, 0) is 66.4 Å². The third-order valence-corrected chi connectivity index (χ3v) is 5.68. The molecule has 1 aliphatic heterocycles. The molecule has 0 unspecified atom stereocenters. The number of esters is 1. The van der Waals surface area contributed by atoms with Gasteiger partial charge in [0, 0.05) is 30.0 Å². The lowest BCUT2D eigenvalue weighted by molar-refractivity contribution is 0.0499. The van der Waals surface area contributed by atoms with Crippen LogP contribution in [0, 0.1) is 0 Å². The highest BCUT2D eigenvalue weighted by Gasteiger charge is 2.18. The van der Waals surface area contributed by atoms with Gasteiger partial charge in [0.2, 0.25) is 0 Å². The highest BCUT2D eigenvalue weighted by Crippen LogP contribution is 2.28. The Labute approximate surface area is 189 Å². The highest BCUT2D eigenvalue weighted by molar-refractivity contribution is 6.04. The first-order valence-electron chi connectivity index (χ1n) is 11.1. The van der Waals surface area contributed by atoms with Gasteiger partial charge in [-0.3, -0.25) is 4.79 Å². The average Bonchev–Trinajstić information content (AvgIpc) is 3.23. The first-order valence-corrected chi connectivity index (χ1v) is 11.1. The van der Waals surface area contributed by atoms with Crippen LogP contribution in [-0.2, 0) is 17.7 Å². The van der Waals surface area contributed by atoms with Crippen LogP contribution in [0.3, 0.4) is 0 Å². The van der Waals surface area contributed by atoms with Gasteiger partial charge in [0.05, 0.1) is 12.2 Å². The number of hydrogen-bond donors (Lipinski definition) is 1. The standard InChI is InChI=1S/C27H28N2O3/c1-2-3-18-32-27(31)23-12-14-24(15-13-23)28-26(30)22-10-8-20(9-11-22)19-29-17-16-21-6-4-5-7-25(21)29/h4-15H,2-3,16-19H2,1H3,(H,28,30). The van der Waals surface area contributed by atoms with Crippen molar-refractivity contribution in [1.29, 1.82) is 0 Å². The number of rotatable bonds is 8. The number of hydrogen-bond acceptors (Lipinski definition) is 4. The zero-order valence-corrected chi connectivity index (χ0v) is 18.3. The predicted octanol–water partition coefficient (Wildman–Crippen LogP) is 5.46. The van der Waals surface area contributed by atoms with Crippen molar-refractivity contribution in [1.82, 2.24) is 0 Å². The van der Waals surface area contributed by atoms with E-state index in [1.54, 1.807) is 24.3 Å². The van der Waals surface area contributed by atoms with Gasteiger partial charge < -0.3 is 15.0 Å². The Kier molecular flexibility index (Phi) is 6.85. The number of benzene rings is 3. The van der Waals surface area contributed by atoms with E-state index in [4.69, 9.17) is 4.74 Å². The number of unbranched alkanes of at least 4 members (excludes halogenated alkanes) is 1. The van der Waals surface area contributed by atoms with Gasteiger partial charge in [-0.2, -0.15) is 0 Å². The zero-order valence-electron chi connectivity index (χ0n) is 18.3. The molecule has 1 N–H and O–H groups in total. The van der Waals surface area contributed by atoms with E-state index in [-0.39, 0.29) is 11.9 Å². The minimum absolute atomic E-state index is 0.179. The first kappa shape index (κ1) is 21.6. The van der Waals surface area contributed by atoms with Crippen molar-refractivity contribution in [3.63, 3.8) is 0 Å². The maximum atomic E-state index is 12.6. The number of anilines is 2. The zero-order chi connectivity index (χ0) is 22.3. The third-order valence-electron chi connectivity index (χ3n) is 5.68. The molecule has 0 spiro atoms. The molecule has 0 fully saturated rings. The molecular formula is C27H28N2O3. The second-order valence-electron chi connectivity index (χ2n) is 8.02. The van der Waals surface area contributed by atoms with Gasteiger partial charge in [-0.25, -0.2) is 4.79 Å². The average molecular weight is 429 g/mol. The summed E-state index contributed by atoms with van der Waals surface area (Å²) in [7, 11) is 0. The summed E-state index contributed by atoms with van der Waals surface area (Å²) in [4.78, 5) is 27.0. The van der Waals surface area contributed by atoms with E-state index in [0.29, 0.717) is 23.4 Å². The molecule has 0 bridgehead atoms. The van der Waals surface area contributed by atoms with Crippen molar-refractivity contribution in [2.24, 2.45) is 0 Å². The van der Waals surface area contributed by atoms with Gasteiger partial charge >= 0.3 is 5.97 Å². The van der Waals surface area contributed by atoms with Crippen molar-refractivity contribution in [2.75, 3.05) is 23.4 Å². The van der Waals surface area contributed by atoms with E-state index in [2.05, 4.69) is 34.5 Å². The number of carbonyl (C=O) groups is 2. The monoisotopic (exact) mass is 428 g/mol. The lowest BCUT2D eigenvalue weighted by Gasteiger charge is -2.19. The maximum absolute atomic E-state index is 12.6. The molecule has 3 aromatic rings. The lowest BCUT2D eigenvalue weighted by Crippen LogP contribution is -2.19. The van der Waals surface area contributed by atoms with Crippen LogP contribution in [0.15, 0.2) is 72.8 Å². The summed E-state index contributed by atoms with van der Waals surface area (Å²) in [5.41, 5.74) is 5.57. The molecule has 4 rings (SSSR count). The number of ether oxygens (including phenoxy) is 1. The van der Waals surface area contributed by atoms with Gasteiger partial charge in [-0.15, -0.1) is 0 Å². The molecule has 0 saturated carbocycles. The van der Waals surface area contributed by atoms with Crippen molar-refractivity contribution >= 4 is 23.3 Å². The SMILES string of the molecule is CCCCOC(=O)c1ccc(NC(=O)c2ccc(CN3CCc4ccccc43)cc2)cc1. The maximum Gasteiger partial charge on any atom is 0.338 e. The van der Waals surface area contributed by atoms with E-state index in [0.717, 1.165) is 32.4 Å². The lowest BCUT2D eigenvalue weighted by atomic mass is 10.1. The molecule has 0 aromatic heterocycles. The van der Waals surface area contributed by atoms with Crippen molar-refractivity contribution in [3.8, 4) is 0 Å². The topological polar surface area (TPSA) is 58.6 Å². The molecule has 0 aliphatic carbocycles.